The lowest BCUT2D eigenvalue weighted by atomic mass is 10.1. The third kappa shape index (κ3) is 3.75. The Hall–Kier alpha value is -2.56. The van der Waals surface area contributed by atoms with Crippen LogP contribution >= 0.6 is 0 Å². The van der Waals surface area contributed by atoms with Crippen LogP contribution in [0.15, 0.2) is 34.7 Å². The number of benzene rings is 1. The van der Waals surface area contributed by atoms with E-state index in [1.165, 1.54) is 6.07 Å². The van der Waals surface area contributed by atoms with E-state index in [4.69, 9.17) is 9.52 Å². The van der Waals surface area contributed by atoms with Gasteiger partial charge in [0, 0.05) is 17.7 Å². The van der Waals surface area contributed by atoms with Gasteiger partial charge in [0.15, 0.2) is 0 Å². The number of furan rings is 1. The molecule has 116 valence electrons. The molecule has 22 heavy (non-hydrogen) atoms. The van der Waals surface area contributed by atoms with Gasteiger partial charge < -0.3 is 14.8 Å². The average Bonchev–Trinajstić information content (AvgIpc) is 2.90. The highest BCUT2D eigenvalue weighted by Crippen LogP contribution is 2.27. The van der Waals surface area contributed by atoms with E-state index >= 15 is 0 Å². The van der Waals surface area contributed by atoms with Crippen LogP contribution in [0, 0.1) is 12.8 Å². The summed E-state index contributed by atoms with van der Waals surface area (Å²) in [6.07, 6.45) is 0.452. The molecule has 5 heteroatoms. The predicted molar refractivity (Wildman–Crippen MR) is 83.9 cm³/mol. The number of carbonyl (C=O) groups excluding carboxylic acids is 1. The van der Waals surface area contributed by atoms with Crippen molar-refractivity contribution in [2.45, 2.75) is 27.2 Å². The number of carboxylic acid groups (broad SMARTS) is 1. The van der Waals surface area contributed by atoms with Gasteiger partial charge in [-0.1, -0.05) is 26.0 Å². The van der Waals surface area contributed by atoms with Crippen molar-refractivity contribution in [3.63, 3.8) is 0 Å². The molecule has 1 amide bonds. The van der Waals surface area contributed by atoms with Crippen molar-refractivity contribution in [3.8, 4) is 11.3 Å². The van der Waals surface area contributed by atoms with E-state index in [1.807, 2.05) is 32.9 Å². The summed E-state index contributed by atoms with van der Waals surface area (Å²) in [5.41, 5.74) is 2.36. The molecular weight excluding hydrogens is 282 g/mol. The largest absolute Gasteiger partial charge is 0.475 e. The Morgan fingerprint density at radius 3 is 2.55 bits per heavy atom. The molecule has 5 nitrogen and oxygen atoms in total. The molecule has 0 aliphatic carbocycles. The van der Waals surface area contributed by atoms with E-state index in [9.17, 15) is 9.59 Å². The molecule has 2 N–H and O–H groups in total. The van der Waals surface area contributed by atoms with Crippen LogP contribution in [-0.4, -0.2) is 17.0 Å². The molecule has 2 aromatic rings. The highest BCUT2D eigenvalue weighted by molar-refractivity contribution is 5.92. The van der Waals surface area contributed by atoms with Gasteiger partial charge in [-0.05, 0) is 36.6 Å². The zero-order valence-corrected chi connectivity index (χ0v) is 12.8. The Morgan fingerprint density at radius 1 is 1.23 bits per heavy atom. The van der Waals surface area contributed by atoms with E-state index in [1.54, 1.807) is 12.1 Å². The van der Waals surface area contributed by atoms with E-state index in [0.717, 1.165) is 11.1 Å². The van der Waals surface area contributed by atoms with Gasteiger partial charge in [0.1, 0.15) is 5.76 Å². The lowest BCUT2D eigenvalue weighted by Gasteiger charge is -2.11. The number of carboxylic acids is 1. The molecule has 0 unspecified atom stereocenters. The second kappa shape index (κ2) is 6.47. The summed E-state index contributed by atoms with van der Waals surface area (Å²) < 4.78 is 5.28. The standard InChI is InChI=1S/C17H19NO4/c1-10(2)8-16(19)18-13-9-12(5-4-11(13)3)14-6-7-15(22-14)17(20)21/h4-7,9-10H,8H2,1-3H3,(H,18,19)(H,20,21). The lowest BCUT2D eigenvalue weighted by molar-refractivity contribution is -0.116. The normalized spacial score (nSPS) is 10.7. The highest BCUT2D eigenvalue weighted by atomic mass is 16.4. The van der Waals surface area contributed by atoms with Gasteiger partial charge in [-0.25, -0.2) is 4.79 Å². The van der Waals surface area contributed by atoms with Gasteiger partial charge >= 0.3 is 5.97 Å². The monoisotopic (exact) mass is 301 g/mol. The van der Waals surface area contributed by atoms with E-state index in [-0.39, 0.29) is 17.6 Å². The summed E-state index contributed by atoms with van der Waals surface area (Å²) in [6.45, 7) is 5.87. The summed E-state index contributed by atoms with van der Waals surface area (Å²) in [7, 11) is 0. The molecular formula is C17H19NO4. The topological polar surface area (TPSA) is 79.5 Å². The molecule has 0 fully saturated rings. The van der Waals surface area contributed by atoms with Crippen molar-refractivity contribution < 1.29 is 19.1 Å². The van der Waals surface area contributed by atoms with Crippen LogP contribution in [0.1, 0.15) is 36.4 Å². The zero-order valence-electron chi connectivity index (χ0n) is 12.8. The number of anilines is 1. The third-order valence-corrected chi connectivity index (χ3v) is 3.21. The minimum atomic E-state index is -1.11. The van der Waals surface area contributed by atoms with E-state index in [2.05, 4.69) is 5.32 Å². The maximum absolute atomic E-state index is 11.9. The van der Waals surface area contributed by atoms with E-state index < -0.39 is 5.97 Å². The minimum absolute atomic E-state index is 0.0408. The number of nitrogens with one attached hydrogen (secondary N) is 1. The van der Waals surface area contributed by atoms with Crippen LogP contribution in [0.5, 0.6) is 0 Å². The highest BCUT2D eigenvalue weighted by Gasteiger charge is 2.12. The predicted octanol–water partition coefficient (Wildman–Crippen LogP) is 3.94. The number of aromatic carboxylic acids is 1. The fourth-order valence-electron chi connectivity index (χ4n) is 2.09. The van der Waals surface area contributed by atoms with E-state index in [0.29, 0.717) is 17.9 Å². The fourth-order valence-corrected chi connectivity index (χ4v) is 2.09. The molecule has 0 bridgehead atoms. The average molecular weight is 301 g/mol. The summed E-state index contributed by atoms with van der Waals surface area (Å²) in [5, 5.41) is 11.8. The Bertz CT molecular complexity index is 700. The third-order valence-electron chi connectivity index (χ3n) is 3.21. The quantitative estimate of drug-likeness (QED) is 0.876. The van der Waals surface area contributed by atoms with Crippen molar-refractivity contribution in [1.29, 1.82) is 0 Å². The van der Waals surface area contributed by atoms with Crippen molar-refractivity contribution in [2.24, 2.45) is 5.92 Å². The summed E-state index contributed by atoms with van der Waals surface area (Å²) >= 11 is 0. The first-order chi connectivity index (χ1) is 10.4. The Labute approximate surface area is 129 Å². The Balaban J connectivity index is 2.25. The van der Waals surface area contributed by atoms with Crippen molar-refractivity contribution in [2.75, 3.05) is 5.32 Å². The summed E-state index contributed by atoms with van der Waals surface area (Å²) in [4.78, 5) is 22.8. The molecule has 0 atom stereocenters. The van der Waals surface area contributed by atoms with Gasteiger partial charge in [0.25, 0.3) is 0 Å². The second-order valence-corrected chi connectivity index (χ2v) is 5.64. The van der Waals surface area contributed by atoms with Gasteiger partial charge in [0.05, 0.1) is 0 Å². The van der Waals surface area contributed by atoms with Crippen LogP contribution < -0.4 is 5.32 Å². The molecule has 2 rings (SSSR count). The molecule has 1 heterocycles. The first-order valence-corrected chi connectivity index (χ1v) is 7.11. The summed E-state index contributed by atoms with van der Waals surface area (Å²) in [6, 6.07) is 8.50. The SMILES string of the molecule is Cc1ccc(-c2ccc(C(=O)O)o2)cc1NC(=O)CC(C)C. The molecule has 0 aliphatic heterocycles. The zero-order chi connectivity index (χ0) is 16.3. The van der Waals surface area contributed by atoms with Crippen LogP contribution in [0.25, 0.3) is 11.3 Å². The smallest absolute Gasteiger partial charge is 0.371 e. The van der Waals surface area contributed by atoms with Gasteiger partial charge in [-0.3, -0.25) is 4.79 Å². The van der Waals surface area contributed by atoms with Crippen LogP contribution in [0.4, 0.5) is 5.69 Å². The van der Waals surface area contributed by atoms with Gasteiger partial charge in [-0.15, -0.1) is 0 Å². The summed E-state index contributed by atoms with van der Waals surface area (Å²) in [5.74, 6) is -0.519. The van der Waals surface area contributed by atoms with Crippen LogP contribution in [-0.2, 0) is 4.79 Å². The number of hydrogen-bond donors (Lipinski definition) is 2. The number of rotatable bonds is 5. The van der Waals surface area contributed by atoms with Crippen molar-refractivity contribution in [3.05, 3.63) is 41.7 Å². The first-order valence-electron chi connectivity index (χ1n) is 7.11. The van der Waals surface area contributed by atoms with Gasteiger partial charge in [0.2, 0.25) is 11.7 Å². The molecule has 1 aromatic heterocycles. The molecule has 1 aromatic carbocycles. The molecule has 0 aliphatic rings. The molecule has 0 saturated heterocycles. The minimum Gasteiger partial charge on any atom is -0.475 e. The molecule has 0 radical (unpaired) electrons. The Morgan fingerprint density at radius 2 is 1.95 bits per heavy atom. The van der Waals surface area contributed by atoms with Crippen LogP contribution in [0.3, 0.4) is 0 Å². The maximum Gasteiger partial charge on any atom is 0.371 e. The molecule has 0 spiro atoms. The lowest BCUT2D eigenvalue weighted by Crippen LogP contribution is -2.14. The second-order valence-electron chi connectivity index (χ2n) is 5.64. The number of carbonyl (C=O) groups is 2. The number of hydrogen-bond acceptors (Lipinski definition) is 3. The first kappa shape index (κ1) is 15.8. The number of amides is 1. The number of aryl methyl sites for hydroxylation is 1. The van der Waals surface area contributed by atoms with Crippen molar-refractivity contribution >= 4 is 17.6 Å². The maximum atomic E-state index is 11.9. The van der Waals surface area contributed by atoms with Gasteiger partial charge in [-0.2, -0.15) is 0 Å². The fraction of sp³-hybridized carbons (Fsp3) is 0.294. The van der Waals surface area contributed by atoms with Crippen LogP contribution in [0.2, 0.25) is 0 Å². The molecule has 0 saturated carbocycles. The van der Waals surface area contributed by atoms with Crippen molar-refractivity contribution in [1.82, 2.24) is 0 Å². The Kier molecular flexibility index (Phi) is 4.65.